The van der Waals surface area contributed by atoms with E-state index in [1.54, 1.807) is 58.3 Å². The van der Waals surface area contributed by atoms with Crippen molar-refractivity contribution < 1.29 is 19.2 Å². The van der Waals surface area contributed by atoms with Crippen LogP contribution in [0.2, 0.25) is 10.0 Å². The smallest absolute Gasteiger partial charge is 0.252 e. The molecule has 0 unspecified atom stereocenters. The fourth-order valence-electron chi connectivity index (χ4n) is 5.06. The number of hydrogen-bond donors (Lipinski definition) is 2. The van der Waals surface area contributed by atoms with E-state index in [9.17, 15) is 19.2 Å². The molecule has 202 valence electrons. The highest BCUT2D eigenvalue weighted by Crippen LogP contribution is 2.31. The summed E-state index contributed by atoms with van der Waals surface area (Å²) < 4.78 is 0. The molecular weight excluding hydrogens is 527 g/mol. The molecule has 8 nitrogen and oxygen atoms in total. The Balaban J connectivity index is 1.79. The lowest BCUT2D eigenvalue weighted by atomic mass is 9.76. The maximum atomic E-state index is 14.2. The van der Waals surface area contributed by atoms with Crippen molar-refractivity contribution in [1.82, 2.24) is 20.4 Å². The average molecular weight is 559 g/mol. The Morgan fingerprint density at radius 2 is 0.895 bits per heavy atom. The second-order valence-electron chi connectivity index (χ2n) is 10.2. The topological polar surface area (TPSA) is 98.8 Å². The number of halogens is 2. The molecule has 0 bridgehead atoms. The zero-order valence-corrected chi connectivity index (χ0v) is 23.1. The summed E-state index contributed by atoms with van der Waals surface area (Å²) in [6.07, 6.45) is 3.28. The number of carbonyl (C=O) groups is 4. The monoisotopic (exact) mass is 558 g/mol. The van der Waals surface area contributed by atoms with Crippen LogP contribution in [0, 0.1) is 0 Å². The van der Waals surface area contributed by atoms with Crippen molar-refractivity contribution in [3.05, 3.63) is 69.7 Å². The molecule has 0 radical (unpaired) electrons. The van der Waals surface area contributed by atoms with Gasteiger partial charge in [0.15, 0.2) is 0 Å². The maximum Gasteiger partial charge on any atom is 0.252 e. The van der Waals surface area contributed by atoms with Crippen molar-refractivity contribution in [3.63, 3.8) is 0 Å². The predicted molar refractivity (Wildman–Crippen MR) is 146 cm³/mol. The fourth-order valence-corrected chi connectivity index (χ4v) is 5.31. The Morgan fingerprint density at radius 3 is 1.18 bits per heavy atom. The molecule has 0 saturated carbocycles. The highest BCUT2D eigenvalue weighted by atomic mass is 35.5. The van der Waals surface area contributed by atoms with Gasteiger partial charge in [0.05, 0.1) is 0 Å². The third-order valence-corrected chi connectivity index (χ3v) is 8.09. The van der Waals surface area contributed by atoms with Crippen LogP contribution in [0.4, 0.5) is 0 Å². The lowest BCUT2D eigenvalue weighted by Gasteiger charge is -2.47. The molecule has 2 aliphatic heterocycles. The fraction of sp³-hybridized carbons (Fsp3) is 0.429. The van der Waals surface area contributed by atoms with Gasteiger partial charge in [-0.05, 0) is 88.1 Å². The number of likely N-dealkylation sites (tertiary alicyclic amines) is 2. The van der Waals surface area contributed by atoms with E-state index < -0.39 is 34.7 Å². The number of carbonyl (C=O) groups excluding carboxylic acids is 4. The van der Waals surface area contributed by atoms with E-state index in [1.807, 2.05) is 0 Å². The quantitative estimate of drug-likeness (QED) is 0.538. The lowest BCUT2D eigenvalue weighted by molar-refractivity contribution is -0.149. The van der Waals surface area contributed by atoms with Crippen LogP contribution in [-0.4, -0.2) is 70.7 Å². The third-order valence-electron chi connectivity index (χ3n) is 7.58. The number of nitrogens with zero attached hydrogens (tertiary/aromatic N) is 2. The number of rotatable bonds is 7. The zero-order valence-electron chi connectivity index (χ0n) is 21.6. The lowest BCUT2D eigenvalue weighted by Crippen LogP contribution is -2.78. The van der Waals surface area contributed by atoms with E-state index in [1.165, 1.54) is 13.8 Å². The van der Waals surface area contributed by atoms with Crippen LogP contribution in [0.15, 0.2) is 48.5 Å². The normalized spacial score (nSPS) is 18.4. The van der Waals surface area contributed by atoms with Gasteiger partial charge in [0, 0.05) is 47.4 Å². The molecule has 0 aliphatic carbocycles. The molecule has 2 saturated heterocycles. The first-order valence-electron chi connectivity index (χ1n) is 12.8. The number of nitrogens with one attached hydrogen (secondary N) is 2. The highest BCUT2D eigenvalue weighted by molar-refractivity contribution is 6.31. The molecule has 2 fully saturated rings. The van der Waals surface area contributed by atoms with Gasteiger partial charge in [-0.25, -0.2) is 0 Å². The van der Waals surface area contributed by atoms with Gasteiger partial charge in [-0.3, -0.25) is 19.2 Å². The van der Waals surface area contributed by atoms with Crippen molar-refractivity contribution in [3.8, 4) is 0 Å². The number of benzene rings is 2. The van der Waals surface area contributed by atoms with Crippen molar-refractivity contribution >= 4 is 46.8 Å². The minimum atomic E-state index is -1.81. The van der Waals surface area contributed by atoms with E-state index in [4.69, 9.17) is 23.2 Å². The standard InChI is InChI=1S/C28H32Cl2N4O4/c1-27(25(37)33-15-3-4-16-33,31-23(35)19-7-11-21(29)12-8-19)28(2,26(38)34-17-5-6-18-34)32-24(36)20-9-13-22(30)14-10-20/h7-14H,3-6,15-18H2,1-2H3,(H,31,35)(H,32,36)/t27-,28-/m0/s1. The summed E-state index contributed by atoms with van der Waals surface area (Å²) in [4.78, 5) is 58.6. The highest BCUT2D eigenvalue weighted by Gasteiger charge is 2.59. The predicted octanol–water partition coefficient (Wildman–Crippen LogP) is 3.92. The summed E-state index contributed by atoms with van der Waals surface area (Å²) >= 11 is 12.0. The second-order valence-corrected chi connectivity index (χ2v) is 11.0. The first-order chi connectivity index (χ1) is 18.0. The van der Waals surface area contributed by atoms with Gasteiger partial charge in [-0.1, -0.05) is 23.2 Å². The van der Waals surface area contributed by atoms with E-state index in [-0.39, 0.29) is 11.1 Å². The number of hydrogen-bond acceptors (Lipinski definition) is 4. The van der Waals surface area contributed by atoms with Crippen LogP contribution in [0.3, 0.4) is 0 Å². The summed E-state index contributed by atoms with van der Waals surface area (Å²) in [5, 5.41) is 6.64. The van der Waals surface area contributed by atoms with Crippen LogP contribution in [-0.2, 0) is 9.59 Å². The molecule has 2 heterocycles. The maximum absolute atomic E-state index is 14.2. The summed E-state index contributed by atoms with van der Waals surface area (Å²) in [5.74, 6) is -1.97. The third kappa shape index (κ3) is 5.52. The molecule has 0 spiro atoms. The van der Waals surface area contributed by atoms with Crippen LogP contribution < -0.4 is 10.6 Å². The molecule has 2 N–H and O–H groups in total. The van der Waals surface area contributed by atoms with Crippen molar-refractivity contribution in [1.29, 1.82) is 0 Å². The van der Waals surface area contributed by atoms with Crippen LogP contribution in [0.25, 0.3) is 0 Å². The molecular formula is C28H32Cl2N4O4. The molecule has 38 heavy (non-hydrogen) atoms. The van der Waals surface area contributed by atoms with E-state index >= 15 is 0 Å². The molecule has 10 heteroatoms. The average Bonchev–Trinajstić information content (AvgIpc) is 3.63. The molecule has 2 aromatic rings. The van der Waals surface area contributed by atoms with Gasteiger partial charge in [-0.15, -0.1) is 0 Å². The Morgan fingerprint density at radius 1 is 0.605 bits per heavy atom. The van der Waals surface area contributed by atoms with Crippen molar-refractivity contribution in [2.75, 3.05) is 26.2 Å². The largest absolute Gasteiger partial charge is 0.341 e. The first kappa shape index (κ1) is 27.9. The summed E-state index contributed by atoms with van der Waals surface area (Å²) in [5.41, 5.74) is -3.07. The van der Waals surface area contributed by atoms with Crippen molar-refractivity contribution in [2.45, 2.75) is 50.6 Å². The van der Waals surface area contributed by atoms with Gasteiger partial charge in [0.2, 0.25) is 0 Å². The van der Waals surface area contributed by atoms with E-state index in [2.05, 4.69) is 10.6 Å². The van der Waals surface area contributed by atoms with Crippen molar-refractivity contribution in [2.24, 2.45) is 0 Å². The van der Waals surface area contributed by atoms with E-state index in [0.717, 1.165) is 25.7 Å². The molecule has 2 aliphatic rings. The van der Waals surface area contributed by atoms with Gasteiger partial charge in [0.1, 0.15) is 11.1 Å². The number of amides is 4. The van der Waals surface area contributed by atoms with Gasteiger partial charge in [0.25, 0.3) is 23.6 Å². The molecule has 2 atom stereocenters. The summed E-state index contributed by atoms with van der Waals surface area (Å²) in [6.45, 7) is 5.07. The molecule has 4 amide bonds. The molecule has 0 aromatic heterocycles. The van der Waals surface area contributed by atoms with Gasteiger partial charge >= 0.3 is 0 Å². The Kier molecular flexibility index (Phi) is 8.33. The minimum Gasteiger partial charge on any atom is -0.341 e. The minimum absolute atomic E-state index is 0.273. The Labute approximate surface area is 232 Å². The van der Waals surface area contributed by atoms with Gasteiger partial charge in [-0.2, -0.15) is 0 Å². The first-order valence-corrected chi connectivity index (χ1v) is 13.6. The summed E-state index contributed by atoms with van der Waals surface area (Å²) in [7, 11) is 0. The summed E-state index contributed by atoms with van der Waals surface area (Å²) in [6, 6.07) is 12.5. The molecule has 2 aromatic carbocycles. The zero-order chi connectivity index (χ0) is 27.5. The Bertz CT molecular complexity index is 1110. The Hall–Kier alpha value is -3.10. The second kappa shape index (κ2) is 11.3. The van der Waals surface area contributed by atoms with Crippen LogP contribution in [0.5, 0.6) is 0 Å². The van der Waals surface area contributed by atoms with Gasteiger partial charge < -0.3 is 20.4 Å². The SMILES string of the molecule is C[C@](NC(=O)c1ccc(Cl)cc1)(C(=O)N1CCCC1)[C@@](C)(NC(=O)c1ccc(Cl)cc1)C(=O)N1CCCC1. The molecule has 4 rings (SSSR count). The van der Waals surface area contributed by atoms with E-state index in [0.29, 0.717) is 36.2 Å². The van der Waals surface area contributed by atoms with Crippen LogP contribution >= 0.6 is 23.2 Å². The van der Waals surface area contributed by atoms with Crippen LogP contribution in [0.1, 0.15) is 60.2 Å².